The van der Waals surface area contributed by atoms with E-state index in [-0.39, 0.29) is 0 Å². The Morgan fingerprint density at radius 1 is 0.310 bits per heavy atom. The summed E-state index contributed by atoms with van der Waals surface area (Å²) in [5, 5.41) is 4.43. The standard InChI is InChI=1S/C55H35NO2/c1-3-13-38(14-4-1)55(39-15-5-2-6-16-39)49-20-10-7-17-43(49)44-30-25-37(33-50(44)55)36-23-26-40(27-24-36)56(41-28-31-47-45-18-8-11-21-51(45)57-53(47)34-41)42-29-32-48-46-19-9-12-22-52(46)58-54(48)35-42/h1-35H. The Morgan fingerprint density at radius 3 is 1.38 bits per heavy atom. The molecule has 0 fully saturated rings. The molecule has 272 valence electrons. The molecular weight excluding hydrogens is 707 g/mol. The number of hydrogen-bond acceptors (Lipinski definition) is 3. The number of anilines is 3. The number of nitrogens with zero attached hydrogens (tertiary/aromatic N) is 1. The van der Waals surface area contributed by atoms with Crippen molar-refractivity contribution < 1.29 is 8.83 Å². The van der Waals surface area contributed by atoms with Gasteiger partial charge in [0.25, 0.3) is 0 Å². The third-order valence-corrected chi connectivity index (χ3v) is 12.2. The number of benzene rings is 9. The molecule has 3 heteroatoms. The Morgan fingerprint density at radius 2 is 0.776 bits per heavy atom. The van der Waals surface area contributed by atoms with Crippen LogP contribution >= 0.6 is 0 Å². The molecule has 0 unspecified atom stereocenters. The highest BCUT2D eigenvalue weighted by Crippen LogP contribution is 2.56. The van der Waals surface area contributed by atoms with E-state index in [1.165, 1.54) is 38.9 Å². The summed E-state index contributed by atoms with van der Waals surface area (Å²) < 4.78 is 12.8. The largest absolute Gasteiger partial charge is 0.456 e. The quantitative estimate of drug-likeness (QED) is 0.170. The van der Waals surface area contributed by atoms with Gasteiger partial charge in [-0.15, -0.1) is 0 Å². The summed E-state index contributed by atoms with van der Waals surface area (Å²) in [5.74, 6) is 0. The van der Waals surface area contributed by atoms with Crippen LogP contribution in [0.3, 0.4) is 0 Å². The lowest BCUT2D eigenvalue weighted by Gasteiger charge is -2.34. The molecule has 58 heavy (non-hydrogen) atoms. The van der Waals surface area contributed by atoms with Gasteiger partial charge >= 0.3 is 0 Å². The van der Waals surface area contributed by atoms with Gasteiger partial charge in [0, 0.05) is 50.7 Å². The Kier molecular flexibility index (Phi) is 7.14. The lowest BCUT2D eigenvalue weighted by Crippen LogP contribution is -2.28. The average Bonchev–Trinajstić information content (AvgIpc) is 3.95. The fourth-order valence-electron chi connectivity index (χ4n) is 9.58. The first-order chi connectivity index (χ1) is 28.7. The minimum Gasteiger partial charge on any atom is -0.456 e. The van der Waals surface area contributed by atoms with Crippen LogP contribution in [-0.4, -0.2) is 0 Å². The summed E-state index contributed by atoms with van der Waals surface area (Å²) >= 11 is 0. The lowest BCUT2D eigenvalue weighted by atomic mass is 9.67. The minimum atomic E-state index is -0.453. The zero-order valence-corrected chi connectivity index (χ0v) is 31.5. The van der Waals surface area contributed by atoms with Crippen molar-refractivity contribution in [2.75, 3.05) is 4.90 Å². The summed E-state index contributed by atoms with van der Waals surface area (Å²) in [4.78, 5) is 2.29. The van der Waals surface area contributed by atoms with Gasteiger partial charge in [-0.05, 0) is 99.1 Å². The molecule has 11 aromatic rings. The molecule has 2 heterocycles. The summed E-state index contributed by atoms with van der Waals surface area (Å²) in [5.41, 5.74) is 16.1. The van der Waals surface area contributed by atoms with Crippen LogP contribution in [0.5, 0.6) is 0 Å². The fraction of sp³-hybridized carbons (Fsp3) is 0.0182. The molecule has 0 amide bonds. The van der Waals surface area contributed by atoms with Gasteiger partial charge in [0.05, 0.1) is 5.41 Å². The molecule has 0 saturated heterocycles. The van der Waals surface area contributed by atoms with Gasteiger partial charge in [-0.25, -0.2) is 0 Å². The highest BCUT2D eigenvalue weighted by Gasteiger charge is 2.46. The summed E-state index contributed by atoms with van der Waals surface area (Å²) in [7, 11) is 0. The summed E-state index contributed by atoms with van der Waals surface area (Å²) in [6, 6.07) is 76.3. The lowest BCUT2D eigenvalue weighted by molar-refractivity contribution is 0.669. The smallest absolute Gasteiger partial charge is 0.137 e. The Bertz CT molecular complexity index is 3190. The molecule has 0 saturated carbocycles. The zero-order chi connectivity index (χ0) is 38.2. The van der Waals surface area contributed by atoms with Crippen molar-refractivity contribution in [1.82, 2.24) is 0 Å². The second-order valence-corrected chi connectivity index (χ2v) is 15.2. The molecule has 1 aliphatic carbocycles. The van der Waals surface area contributed by atoms with Crippen LogP contribution in [0, 0.1) is 0 Å². The van der Waals surface area contributed by atoms with E-state index < -0.39 is 5.41 Å². The van der Waals surface area contributed by atoms with Crippen LogP contribution in [0.25, 0.3) is 66.1 Å². The molecule has 0 atom stereocenters. The molecule has 0 bridgehead atoms. The van der Waals surface area contributed by atoms with E-state index in [1.807, 2.05) is 24.3 Å². The van der Waals surface area contributed by atoms with Crippen molar-refractivity contribution in [2.24, 2.45) is 0 Å². The van der Waals surface area contributed by atoms with Gasteiger partial charge < -0.3 is 13.7 Å². The predicted molar refractivity (Wildman–Crippen MR) is 238 cm³/mol. The Balaban J connectivity index is 1.01. The number of fused-ring (bicyclic) bond motifs is 9. The minimum absolute atomic E-state index is 0.453. The maximum absolute atomic E-state index is 6.40. The van der Waals surface area contributed by atoms with Crippen LogP contribution in [0.1, 0.15) is 22.3 Å². The molecule has 0 N–H and O–H groups in total. The molecule has 3 nitrogen and oxygen atoms in total. The highest BCUT2D eigenvalue weighted by molar-refractivity contribution is 6.08. The molecule has 0 aliphatic heterocycles. The van der Waals surface area contributed by atoms with E-state index >= 15 is 0 Å². The van der Waals surface area contributed by atoms with Gasteiger partial charge in [-0.1, -0.05) is 146 Å². The van der Waals surface area contributed by atoms with Crippen molar-refractivity contribution >= 4 is 60.9 Å². The van der Waals surface area contributed by atoms with Crippen LogP contribution < -0.4 is 4.90 Å². The maximum atomic E-state index is 6.40. The SMILES string of the molecule is c1ccc(C2(c3ccccc3)c3ccccc3-c3ccc(-c4ccc(N(c5ccc6c(c5)oc5ccccc56)c5ccc6c(c5)oc5ccccc56)cc4)cc32)cc1. The normalized spacial score (nSPS) is 13.0. The average molecular weight is 742 g/mol. The molecular formula is C55H35NO2. The van der Waals surface area contributed by atoms with Gasteiger partial charge in [0.15, 0.2) is 0 Å². The van der Waals surface area contributed by atoms with E-state index in [0.717, 1.165) is 66.5 Å². The third-order valence-electron chi connectivity index (χ3n) is 12.2. The number of furan rings is 2. The van der Waals surface area contributed by atoms with E-state index in [9.17, 15) is 0 Å². The Hall–Kier alpha value is -7.62. The second kappa shape index (κ2) is 12.7. The topological polar surface area (TPSA) is 29.5 Å². The molecule has 0 spiro atoms. The first kappa shape index (κ1) is 32.6. The van der Waals surface area contributed by atoms with Crippen molar-refractivity contribution in [2.45, 2.75) is 5.41 Å². The van der Waals surface area contributed by atoms with Gasteiger partial charge in [-0.3, -0.25) is 0 Å². The second-order valence-electron chi connectivity index (χ2n) is 15.2. The first-order valence-electron chi connectivity index (χ1n) is 19.8. The van der Waals surface area contributed by atoms with E-state index in [0.29, 0.717) is 0 Å². The monoisotopic (exact) mass is 741 g/mol. The number of hydrogen-bond donors (Lipinski definition) is 0. The molecule has 1 aliphatic rings. The van der Waals surface area contributed by atoms with Crippen molar-refractivity contribution in [3.63, 3.8) is 0 Å². The van der Waals surface area contributed by atoms with Crippen LogP contribution in [0.4, 0.5) is 17.1 Å². The van der Waals surface area contributed by atoms with Gasteiger partial charge in [0.1, 0.15) is 22.3 Å². The molecule has 2 aromatic heterocycles. The van der Waals surface area contributed by atoms with Gasteiger partial charge in [0.2, 0.25) is 0 Å². The van der Waals surface area contributed by atoms with Crippen LogP contribution in [0.15, 0.2) is 221 Å². The number of para-hydroxylation sites is 2. The number of rotatable bonds is 6. The molecule has 9 aromatic carbocycles. The Labute approximate surface area is 335 Å². The maximum Gasteiger partial charge on any atom is 0.137 e. The highest BCUT2D eigenvalue weighted by atomic mass is 16.3. The van der Waals surface area contributed by atoms with Crippen LogP contribution in [-0.2, 0) is 5.41 Å². The zero-order valence-electron chi connectivity index (χ0n) is 31.5. The van der Waals surface area contributed by atoms with Crippen molar-refractivity contribution in [3.8, 4) is 22.3 Å². The first-order valence-corrected chi connectivity index (χ1v) is 19.8. The van der Waals surface area contributed by atoms with Crippen LogP contribution in [0.2, 0.25) is 0 Å². The van der Waals surface area contributed by atoms with Gasteiger partial charge in [-0.2, -0.15) is 0 Å². The predicted octanol–water partition coefficient (Wildman–Crippen LogP) is 15.0. The van der Waals surface area contributed by atoms with Crippen molar-refractivity contribution in [1.29, 1.82) is 0 Å². The van der Waals surface area contributed by atoms with E-state index in [1.54, 1.807) is 0 Å². The summed E-state index contributed by atoms with van der Waals surface area (Å²) in [6.45, 7) is 0. The van der Waals surface area contributed by atoms with E-state index in [2.05, 4.69) is 193 Å². The van der Waals surface area contributed by atoms with E-state index in [4.69, 9.17) is 8.83 Å². The van der Waals surface area contributed by atoms with Crippen molar-refractivity contribution in [3.05, 3.63) is 235 Å². The third kappa shape index (κ3) is 4.80. The molecule has 0 radical (unpaired) electrons. The molecule has 12 rings (SSSR count). The fourth-order valence-corrected chi connectivity index (χ4v) is 9.58. The summed E-state index contributed by atoms with van der Waals surface area (Å²) in [6.07, 6.45) is 0.